The van der Waals surface area contributed by atoms with Gasteiger partial charge in [-0.1, -0.05) is 41.4 Å². The Morgan fingerprint density at radius 3 is 2.32 bits per heavy atom. The molecule has 2 aromatic rings. The van der Waals surface area contributed by atoms with Gasteiger partial charge in [-0.15, -0.1) is 12.4 Å². The molecular weight excluding hydrogens is 397 g/mol. The molecule has 1 saturated heterocycles. The minimum absolute atomic E-state index is 0. The molecule has 28 heavy (non-hydrogen) atoms. The minimum Gasteiger partial charge on any atom is -0.339 e. The number of halogens is 2. The highest BCUT2D eigenvalue weighted by Gasteiger charge is 2.21. The summed E-state index contributed by atoms with van der Waals surface area (Å²) in [5.74, 6) is -0.390. The summed E-state index contributed by atoms with van der Waals surface area (Å²) in [5, 5.41) is 3.09. The van der Waals surface area contributed by atoms with Crippen LogP contribution in [0.25, 0.3) is 0 Å². The number of piperidine rings is 1. The zero-order valence-corrected chi connectivity index (χ0v) is 17.4. The second-order valence-corrected chi connectivity index (χ2v) is 7.33. The average Bonchev–Trinajstić information content (AvgIpc) is 2.68. The largest absolute Gasteiger partial charge is 0.339 e. The van der Waals surface area contributed by atoms with Crippen molar-refractivity contribution in [3.05, 3.63) is 64.2 Å². The van der Waals surface area contributed by atoms with E-state index in [-0.39, 0.29) is 24.2 Å². The molecule has 1 unspecified atom stereocenters. The molecule has 0 spiro atoms. The molecule has 1 fully saturated rings. The first-order valence-corrected chi connectivity index (χ1v) is 9.55. The second-order valence-electron chi connectivity index (χ2n) is 6.93. The van der Waals surface area contributed by atoms with Crippen molar-refractivity contribution in [3.63, 3.8) is 0 Å². The van der Waals surface area contributed by atoms with Crippen LogP contribution in [0.3, 0.4) is 0 Å². The quantitative estimate of drug-likeness (QED) is 0.770. The van der Waals surface area contributed by atoms with E-state index in [1.165, 1.54) is 0 Å². The van der Waals surface area contributed by atoms with Gasteiger partial charge in [-0.2, -0.15) is 0 Å². The van der Waals surface area contributed by atoms with E-state index >= 15 is 0 Å². The molecule has 3 rings (SSSR count). The van der Waals surface area contributed by atoms with Crippen LogP contribution in [0, 0.1) is 6.92 Å². The Hall–Kier alpha value is -2.08. The van der Waals surface area contributed by atoms with E-state index in [0.29, 0.717) is 16.3 Å². The number of nitrogens with one attached hydrogen (secondary N) is 1. The summed E-state index contributed by atoms with van der Waals surface area (Å²) in [6, 6.07) is 11.7. The molecule has 2 amide bonds. The van der Waals surface area contributed by atoms with Gasteiger partial charge in [0.25, 0.3) is 5.91 Å². The highest BCUT2D eigenvalue weighted by atomic mass is 35.5. The van der Waals surface area contributed by atoms with Crippen LogP contribution in [0.15, 0.2) is 42.5 Å². The zero-order valence-electron chi connectivity index (χ0n) is 15.8. The van der Waals surface area contributed by atoms with Crippen molar-refractivity contribution in [2.75, 3.05) is 18.4 Å². The van der Waals surface area contributed by atoms with E-state index in [2.05, 4.69) is 5.32 Å². The summed E-state index contributed by atoms with van der Waals surface area (Å²) in [4.78, 5) is 26.9. The highest BCUT2D eigenvalue weighted by Crippen LogP contribution is 2.24. The first-order valence-electron chi connectivity index (χ1n) is 9.17. The van der Waals surface area contributed by atoms with Crippen LogP contribution in [-0.4, -0.2) is 29.8 Å². The summed E-state index contributed by atoms with van der Waals surface area (Å²) in [6.07, 6.45) is 3.20. The van der Waals surface area contributed by atoms with Gasteiger partial charge in [-0.25, -0.2) is 0 Å². The predicted molar refractivity (Wildman–Crippen MR) is 115 cm³/mol. The van der Waals surface area contributed by atoms with Crippen LogP contribution in [0.2, 0.25) is 5.02 Å². The number of rotatable bonds is 4. The van der Waals surface area contributed by atoms with Crippen LogP contribution >= 0.6 is 24.0 Å². The van der Waals surface area contributed by atoms with Gasteiger partial charge in [0, 0.05) is 18.8 Å². The van der Waals surface area contributed by atoms with E-state index in [0.717, 1.165) is 43.5 Å². The van der Waals surface area contributed by atoms with Gasteiger partial charge in [0.1, 0.15) is 6.04 Å². The zero-order chi connectivity index (χ0) is 19.4. The Labute approximate surface area is 176 Å². The van der Waals surface area contributed by atoms with Crippen molar-refractivity contribution in [2.24, 2.45) is 5.73 Å². The fourth-order valence-corrected chi connectivity index (χ4v) is 3.44. The lowest BCUT2D eigenvalue weighted by Crippen LogP contribution is -2.35. The Morgan fingerprint density at radius 2 is 1.71 bits per heavy atom. The highest BCUT2D eigenvalue weighted by molar-refractivity contribution is 6.34. The van der Waals surface area contributed by atoms with E-state index in [4.69, 9.17) is 17.3 Å². The van der Waals surface area contributed by atoms with Crippen molar-refractivity contribution in [2.45, 2.75) is 32.2 Å². The lowest BCUT2D eigenvalue weighted by atomic mass is 10.1. The molecule has 5 nitrogen and oxygen atoms in total. The Morgan fingerprint density at radius 1 is 1.07 bits per heavy atom. The number of likely N-dealkylation sites (tertiary alicyclic amines) is 1. The van der Waals surface area contributed by atoms with Crippen LogP contribution in [0.4, 0.5) is 5.69 Å². The summed E-state index contributed by atoms with van der Waals surface area (Å²) < 4.78 is 0. The molecule has 1 atom stereocenters. The van der Waals surface area contributed by atoms with Crippen LogP contribution in [0.5, 0.6) is 0 Å². The van der Waals surface area contributed by atoms with Crippen molar-refractivity contribution in [1.82, 2.24) is 4.90 Å². The third-order valence-electron chi connectivity index (χ3n) is 4.83. The maximum absolute atomic E-state index is 12.6. The Balaban J connectivity index is 0.00000280. The lowest BCUT2D eigenvalue weighted by molar-refractivity contribution is -0.117. The standard InChI is InChI=1S/C21H24ClN3O2.ClH/c1-14-5-7-15(8-6-14)19(23)20(26)24-16-9-10-17(18(22)13-16)21(27)25-11-3-2-4-12-25;/h5-10,13,19H,2-4,11-12,23H2,1H3,(H,24,26);1H. The fourth-order valence-electron chi connectivity index (χ4n) is 3.18. The van der Waals surface area contributed by atoms with Gasteiger partial charge >= 0.3 is 0 Å². The molecule has 0 bridgehead atoms. The summed E-state index contributed by atoms with van der Waals surface area (Å²) in [5.41, 5.74) is 8.86. The fraction of sp³-hybridized carbons (Fsp3) is 0.333. The number of nitrogens with zero attached hydrogens (tertiary/aromatic N) is 1. The molecule has 3 N–H and O–H groups in total. The van der Waals surface area contributed by atoms with Crippen LogP contribution in [0.1, 0.15) is 46.8 Å². The van der Waals surface area contributed by atoms with Gasteiger partial charge in [0.15, 0.2) is 0 Å². The molecule has 1 aliphatic rings. The third kappa shape index (κ3) is 5.25. The number of benzene rings is 2. The monoisotopic (exact) mass is 421 g/mol. The number of nitrogens with two attached hydrogens (primary N) is 1. The third-order valence-corrected chi connectivity index (χ3v) is 5.14. The first kappa shape index (κ1) is 22.2. The molecule has 0 saturated carbocycles. The molecule has 0 aromatic heterocycles. The normalized spacial score (nSPS) is 14.8. The van der Waals surface area contributed by atoms with E-state index in [1.54, 1.807) is 18.2 Å². The molecule has 0 radical (unpaired) electrons. The van der Waals surface area contributed by atoms with E-state index in [9.17, 15) is 9.59 Å². The van der Waals surface area contributed by atoms with E-state index < -0.39 is 6.04 Å². The Kier molecular flexibility index (Phi) is 7.87. The molecular formula is C21H25Cl2N3O2. The van der Waals surface area contributed by atoms with Gasteiger partial charge in [0.05, 0.1) is 10.6 Å². The van der Waals surface area contributed by atoms with Crippen molar-refractivity contribution >= 4 is 41.5 Å². The maximum atomic E-state index is 12.6. The molecule has 1 aliphatic heterocycles. The van der Waals surface area contributed by atoms with Gasteiger partial charge in [0.2, 0.25) is 5.91 Å². The SMILES string of the molecule is Cc1ccc(C(N)C(=O)Nc2ccc(C(=O)N3CCCCC3)c(Cl)c2)cc1.Cl. The maximum Gasteiger partial charge on any atom is 0.255 e. The van der Waals surface area contributed by atoms with Crippen LogP contribution in [-0.2, 0) is 4.79 Å². The number of anilines is 1. The lowest BCUT2D eigenvalue weighted by Gasteiger charge is -2.27. The smallest absolute Gasteiger partial charge is 0.255 e. The number of carbonyl (C=O) groups is 2. The van der Waals surface area contributed by atoms with Crippen molar-refractivity contribution in [1.29, 1.82) is 0 Å². The number of aryl methyl sites for hydroxylation is 1. The summed E-state index contributed by atoms with van der Waals surface area (Å²) in [7, 11) is 0. The van der Waals surface area contributed by atoms with Gasteiger partial charge in [-0.05, 0) is 49.9 Å². The molecule has 150 valence electrons. The molecule has 7 heteroatoms. The number of amides is 2. The first-order chi connectivity index (χ1) is 13.0. The van der Waals surface area contributed by atoms with Crippen LogP contribution < -0.4 is 11.1 Å². The van der Waals surface area contributed by atoms with Gasteiger partial charge in [-0.3, -0.25) is 9.59 Å². The molecule has 2 aromatic carbocycles. The molecule has 1 heterocycles. The summed E-state index contributed by atoms with van der Waals surface area (Å²) >= 11 is 6.31. The average molecular weight is 422 g/mol. The number of carbonyl (C=O) groups excluding carboxylic acids is 2. The molecule has 0 aliphatic carbocycles. The van der Waals surface area contributed by atoms with E-state index in [1.807, 2.05) is 36.1 Å². The number of hydrogen-bond acceptors (Lipinski definition) is 3. The van der Waals surface area contributed by atoms with Gasteiger partial charge < -0.3 is 16.0 Å². The number of hydrogen-bond donors (Lipinski definition) is 2. The minimum atomic E-state index is -0.779. The topological polar surface area (TPSA) is 75.4 Å². The predicted octanol–water partition coefficient (Wildman–Crippen LogP) is 4.33. The van der Waals surface area contributed by atoms with Crippen molar-refractivity contribution in [3.8, 4) is 0 Å². The second kappa shape index (κ2) is 9.92. The Bertz CT molecular complexity index is 834. The van der Waals surface area contributed by atoms with Crippen molar-refractivity contribution < 1.29 is 9.59 Å². The summed E-state index contributed by atoms with van der Waals surface area (Å²) in [6.45, 7) is 3.50.